The Labute approximate surface area is 188 Å². The molecule has 0 atom stereocenters. The second kappa shape index (κ2) is 8.07. The van der Waals surface area contributed by atoms with Crippen LogP contribution in [0.3, 0.4) is 0 Å². The van der Waals surface area contributed by atoms with E-state index in [0.717, 1.165) is 50.0 Å². The lowest BCUT2D eigenvalue weighted by Crippen LogP contribution is -2.29. The molecule has 0 aliphatic heterocycles. The zero-order valence-electron chi connectivity index (χ0n) is 18.3. The number of aliphatic hydroxyl groups is 1. The first-order chi connectivity index (χ1) is 15.6. The number of hydrogen-bond acceptors (Lipinski definition) is 2. The fourth-order valence-corrected chi connectivity index (χ4v) is 4.45. The summed E-state index contributed by atoms with van der Waals surface area (Å²) in [7, 11) is 0. The van der Waals surface area contributed by atoms with Gasteiger partial charge in [-0.1, -0.05) is 108 Å². The molecule has 0 fully saturated rings. The number of rotatable bonds is 4. The van der Waals surface area contributed by atoms with Crippen molar-refractivity contribution in [2.24, 2.45) is 0 Å². The van der Waals surface area contributed by atoms with Crippen LogP contribution in [0.2, 0.25) is 0 Å². The van der Waals surface area contributed by atoms with Gasteiger partial charge in [-0.25, -0.2) is 4.98 Å². The average Bonchev–Trinajstić information content (AvgIpc) is 2.83. The van der Waals surface area contributed by atoms with Crippen molar-refractivity contribution in [1.29, 1.82) is 0 Å². The molecule has 5 aromatic rings. The molecule has 156 valence electrons. The fourth-order valence-electron chi connectivity index (χ4n) is 4.45. The Morgan fingerprint density at radius 3 is 1.84 bits per heavy atom. The summed E-state index contributed by atoms with van der Waals surface area (Å²) in [5.41, 5.74) is 6.14. The van der Waals surface area contributed by atoms with E-state index >= 15 is 0 Å². The van der Waals surface area contributed by atoms with E-state index < -0.39 is 5.60 Å². The van der Waals surface area contributed by atoms with Crippen LogP contribution in [0.25, 0.3) is 22.2 Å². The quantitative estimate of drug-likeness (QED) is 0.350. The third-order valence-electron chi connectivity index (χ3n) is 6.05. The van der Waals surface area contributed by atoms with Crippen LogP contribution in [0.1, 0.15) is 27.8 Å². The first-order valence-corrected chi connectivity index (χ1v) is 10.9. The third kappa shape index (κ3) is 3.49. The van der Waals surface area contributed by atoms with Crippen LogP contribution in [0, 0.1) is 13.8 Å². The second-order valence-corrected chi connectivity index (χ2v) is 8.39. The zero-order chi connectivity index (χ0) is 22.1. The summed E-state index contributed by atoms with van der Waals surface area (Å²) in [4.78, 5) is 4.93. The molecule has 2 nitrogen and oxygen atoms in total. The van der Waals surface area contributed by atoms with Gasteiger partial charge in [-0.05, 0) is 37.1 Å². The number of nitrogens with zero attached hydrogens (tertiary/aromatic N) is 1. The summed E-state index contributed by atoms with van der Waals surface area (Å²) in [5, 5.41) is 13.6. The summed E-state index contributed by atoms with van der Waals surface area (Å²) in [6, 6.07) is 36.5. The van der Waals surface area contributed by atoms with Gasteiger partial charge in [0.2, 0.25) is 0 Å². The van der Waals surface area contributed by atoms with Crippen molar-refractivity contribution in [2.75, 3.05) is 0 Å². The minimum atomic E-state index is -1.33. The van der Waals surface area contributed by atoms with Crippen molar-refractivity contribution in [3.05, 3.63) is 137 Å². The molecular weight excluding hydrogens is 390 g/mol. The molecular formula is C30H25NO. The average molecular weight is 416 g/mol. The van der Waals surface area contributed by atoms with Gasteiger partial charge in [-0.2, -0.15) is 0 Å². The summed E-state index contributed by atoms with van der Waals surface area (Å²) in [5.74, 6) is 0. The van der Waals surface area contributed by atoms with Crippen LogP contribution in [-0.4, -0.2) is 10.1 Å². The maximum absolute atomic E-state index is 12.6. The minimum Gasteiger partial charge on any atom is -0.376 e. The van der Waals surface area contributed by atoms with Gasteiger partial charge in [0.15, 0.2) is 0 Å². The molecule has 0 unspecified atom stereocenters. The Balaban J connectivity index is 1.88. The van der Waals surface area contributed by atoms with Crippen molar-refractivity contribution >= 4 is 10.9 Å². The number of fused-ring (bicyclic) bond motifs is 1. The highest BCUT2D eigenvalue weighted by Gasteiger charge is 2.36. The van der Waals surface area contributed by atoms with E-state index in [1.54, 1.807) is 0 Å². The highest BCUT2D eigenvalue weighted by atomic mass is 16.3. The lowest BCUT2D eigenvalue weighted by atomic mass is 9.78. The maximum atomic E-state index is 12.6. The minimum absolute atomic E-state index is 0.832. The number of hydrogen-bond donors (Lipinski definition) is 1. The van der Waals surface area contributed by atoms with E-state index in [1.165, 1.54) is 0 Å². The van der Waals surface area contributed by atoms with Crippen molar-refractivity contribution in [2.45, 2.75) is 19.4 Å². The van der Waals surface area contributed by atoms with Gasteiger partial charge in [0.05, 0.1) is 11.2 Å². The van der Waals surface area contributed by atoms with Crippen LogP contribution >= 0.6 is 0 Å². The van der Waals surface area contributed by atoms with Crippen LogP contribution in [-0.2, 0) is 5.60 Å². The van der Waals surface area contributed by atoms with E-state index in [4.69, 9.17) is 4.98 Å². The van der Waals surface area contributed by atoms with Crippen LogP contribution in [0.15, 0.2) is 109 Å². The van der Waals surface area contributed by atoms with Crippen LogP contribution < -0.4 is 0 Å². The molecule has 0 aliphatic carbocycles. The van der Waals surface area contributed by atoms with Crippen molar-refractivity contribution < 1.29 is 5.11 Å². The molecule has 1 N–H and O–H groups in total. The molecule has 1 heterocycles. The van der Waals surface area contributed by atoms with Crippen LogP contribution in [0.4, 0.5) is 0 Å². The largest absolute Gasteiger partial charge is 0.376 e. The normalized spacial score (nSPS) is 11.6. The van der Waals surface area contributed by atoms with Gasteiger partial charge in [0.25, 0.3) is 0 Å². The summed E-state index contributed by atoms with van der Waals surface area (Å²) in [6.07, 6.45) is 0. The highest BCUT2D eigenvalue weighted by molar-refractivity contribution is 5.87. The van der Waals surface area contributed by atoms with E-state index in [-0.39, 0.29) is 0 Å². The molecule has 0 aliphatic rings. The lowest BCUT2D eigenvalue weighted by Gasteiger charge is -2.32. The van der Waals surface area contributed by atoms with Gasteiger partial charge in [-0.3, -0.25) is 0 Å². The van der Waals surface area contributed by atoms with Gasteiger partial charge >= 0.3 is 0 Å². The smallest absolute Gasteiger partial charge is 0.141 e. The molecule has 5 rings (SSSR count). The van der Waals surface area contributed by atoms with Crippen molar-refractivity contribution in [1.82, 2.24) is 4.98 Å². The molecule has 0 saturated heterocycles. The molecule has 0 bridgehead atoms. The highest BCUT2D eigenvalue weighted by Crippen LogP contribution is 2.41. The first-order valence-electron chi connectivity index (χ1n) is 10.9. The molecule has 0 spiro atoms. The topological polar surface area (TPSA) is 33.1 Å². The summed E-state index contributed by atoms with van der Waals surface area (Å²) >= 11 is 0. The van der Waals surface area contributed by atoms with E-state index in [9.17, 15) is 5.11 Å². The Bertz CT molecular complexity index is 1360. The predicted molar refractivity (Wildman–Crippen MR) is 132 cm³/mol. The maximum Gasteiger partial charge on any atom is 0.141 e. The number of aromatic nitrogens is 1. The fraction of sp³-hybridized carbons (Fsp3) is 0.100. The number of pyridine rings is 1. The third-order valence-corrected chi connectivity index (χ3v) is 6.05. The Hall–Kier alpha value is -3.75. The summed E-state index contributed by atoms with van der Waals surface area (Å²) in [6.45, 7) is 4.11. The molecule has 2 heteroatoms. The summed E-state index contributed by atoms with van der Waals surface area (Å²) < 4.78 is 0. The number of para-hydroxylation sites is 1. The van der Waals surface area contributed by atoms with E-state index in [2.05, 4.69) is 50.2 Å². The van der Waals surface area contributed by atoms with Gasteiger partial charge in [0, 0.05) is 16.5 Å². The Morgan fingerprint density at radius 1 is 0.625 bits per heavy atom. The lowest BCUT2D eigenvalue weighted by molar-refractivity contribution is 0.127. The first kappa shape index (κ1) is 20.2. The Morgan fingerprint density at radius 2 is 1.22 bits per heavy atom. The molecule has 1 aromatic heterocycles. The predicted octanol–water partition coefficient (Wildman–Crippen LogP) is 6.80. The van der Waals surface area contributed by atoms with Gasteiger partial charge in [-0.15, -0.1) is 0 Å². The van der Waals surface area contributed by atoms with Crippen molar-refractivity contribution in [3.8, 4) is 11.3 Å². The zero-order valence-corrected chi connectivity index (χ0v) is 18.3. The molecule has 0 amide bonds. The van der Waals surface area contributed by atoms with E-state index in [1.807, 2.05) is 72.8 Å². The molecule has 4 aromatic carbocycles. The molecule has 0 radical (unpaired) electrons. The molecule has 0 saturated carbocycles. The SMILES string of the molecule is Cc1cccc(C(O)(c2cccc(C)c2)c2cc(-c3ccccc3)nc3ccccc23)c1. The van der Waals surface area contributed by atoms with E-state index in [0.29, 0.717) is 0 Å². The number of benzene rings is 4. The van der Waals surface area contributed by atoms with Crippen LogP contribution in [0.5, 0.6) is 0 Å². The number of aryl methyl sites for hydroxylation is 2. The second-order valence-electron chi connectivity index (χ2n) is 8.39. The van der Waals surface area contributed by atoms with Gasteiger partial charge < -0.3 is 5.11 Å². The monoisotopic (exact) mass is 415 g/mol. The van der Waals surface area contributed by atoms with Crippen molar-refractivity contribution in [3.63, 3.8) is 0 Å². The standard InChI is InChI=1S/C30H25NO/c1-21-10-8-14-24(18-21)30(32,25-15-9-11-22(2)19-25)27-20-29(23-12-4-3-5-13-23)31-28-17-7-6-16-26(27)28/h3-20,32H,1-2H3. The Kier molecular flexibility index (Phi) is 5.08. The molecule has 32 heavy (non-hydrogen) atoms. The van der Waals surface area contributed by atoms with Gasteiger partial charge in [0.1, 0.15) is 5.60 Å².